The van der Waals surface area contributed by atoms with Crippen molar-refractivity contribution in [2.24, 2.45) is 23.7 Å². The molecule has 152 valence electrons. The molecular weight excluding hydrogens is 372 g/mol. The smallest absolute Gasteiger partial charge is 0.251 e. The third-order valence-corrected chi connectivity index (χ3v) is 9.37. The summed E-state index contributed by atoms with van der Waals surface area (Å²) in [5.41, 5.74) is 1.70. The van der Waals surface area contributed by atoms with Crippen LogP contribution in [0, 0.1) is 23.7 Å². The first-order valence-corrected chi connectivity index (χ1v) is 12.7. The first-order valence-electron chi connectivity index (χ1n) is 10.7. The van der Waals surface area contributed by atoms with Crippen molar-refractivity contribution in [2.45, 2.75) is 49.8 Å². The van der Waals surface area contributed by atoms with E-state index in [0.717, 1.165) is 24.1 Å². The number of sulfone groups is 1. The van der Waals surface area contributed by atoms with Gasteiger partial charge in [0.25, 0.3) is 5.91 Å². The molecule has 5 fully saturated rings. The zero-order chi connectivity index (χ0) is 19.5. The molecule has 1 heterocycles. The van der Waals surface area contributed by atoms with Gasteiger partial charge >= 0.3 is 0 Å². The molecule has 1 atom stereocenters. The molecule has 1 aromatic rings. The van der Waals surface area contributed by atoms with Crippen LogP contribution in [0.1, 0.15) is 48.9 Å². The Balaban J connectivity index is 1.23. The zero-order valence-electron chi connectivity index (χ0n) is 16.5. The largest absolute Gasteiger partial charge is 0.370 e. The van der Waals surface area contributed by atoms with Gasteiger partial charge in [-0.3, -0.25) is 4.79 Å². The van der Waals surface area contributed by atoms with Crippen LogP contribution in [-0.2, 0) is 9.84 Å². The molecule has 6 heteroatoms. The molecule has 6 rings (SSSR count). The van der Waals surface area contributed by atoms with E-state index in [2.05, 4.69) is 10.2 Å². The van der Waals surface area contributed by atoms with Gasteiger partial charge in [-0.05, 0) is 86.5 Å². The Hall–Kier alpha value is -1.56. The van der Waals surface area contributed by atoms with Gasteiger partial charge < -0.3 is 10.2 Å². The number of nitrogens with zero attached hydrogens (tertiary/aromatic N) is 1. The third-order valence-electron chi connectivity index (χ3n) is 7.77. The van der Waals surface area contributed by atoms with Crippen LogP contribution in [-0.4, -0.2) is 45.0 Å². The molecule has 0 radical (unpaired) electrons. The van der Waals surface area contributed by atoms with Crippen molar-refractivity contribution >= 4 is 21.4 Å². The molecule has 1 aliphatic heterocycles. The van der Waals surface area contributed by atoms with Crippen molar-refractivity contribution in [3.05, 3.63) is 29.8 Å². The molecule has 1 aromatic carbocycles. The van der Waals surface area contributed by atoms with Gasteiger partial charge in [0.15, 0.2) is 9.84 Å². The molecule has 0 aromatic heterocycles. The number of amides is 1. The lowest BCUT2D eigenvalue weighted by atomic mass is 9.54. The second kappa shape index (κ2) is 6.75. The summed E-state index contributed by atoms with van der Waals surface area (Å²) in [5.74, 6) is 3.21. The van der Waals surface area contributed by atoms with Crippen LogP contribution in [0.15, 0.2) is 24.3 Å². The second-order valence-electron chi connectivity index (χ2n) is 9.66. The predicted molar refractivity (Wildman–Crippen MR) is 110 cm³/mol. The van der Waals surface area contributed by atoms with Gasteiger partial charge in [0.05, 0.1) is 5.25 Å². The van der Waals surface area contributed by atoms with Crippen LogP contribution in [0.3, 0.4) is 0 Å². The topological polar surface area (TPSA) is 66.5 Å². The van der Waals surface area contributed by atoms with Gasteiger partial charge in [-0.1, -0.05) is 0 Å². The van der Waals surface area contributed by atoms with Crippen molar-refractivity contribution in [3.8, 4) is 0 Å². The van der Waals surface area contributed by atoms with Gasteiger partial charge in [0, 0.05) is 36.6 Å². The Morgan fingerprint density at radius 1 is 1.00 bits per heavy atom. The standard InChI is InChI=1S/C22H30N2O3S/c1-28(26,27)20-6-7-24(13-20)19-4-2-16(3-5-19)22(25)23-21-17-9-14-8-15(11-17)12-18(21)10-14/h2-5,14-15,17-18,20-21H,6-13H2,1H3,(H,23,25). The Morgan fingerprint density at radius 2 is 1.61 bits per heavy atom. The van der Waals surface area contributed by atoms with Crippen molar-refractivity contribution < 1.29 is 13.2 Å². The Kier molecular flexibility index (Phi) is 4.45. The van der Waals surface area contributed by atoms with E-state index >= 15 is 0 Å². The van der Waals surface area contributed by atoms with E-state index in [9.17, 15) is 13.2 Å². The summed E-state index contributed by atoms with van der Waals surface area (Å²) < 4.78 is 23.5. The number of anilines is 1. The highest BCUT2D eigenvalue weighted by Crippen LogP contribution is 2.53. The molecule has 28 heavy (non-hydrogen) atoms. The average Bonchev–Trinajstić information content (AvgIpc) is 3.15. The van der Waals surface area contributed by atoms with Gasteiger partial charge in [0.1, 0.15) is 0 Å². The Bertz CT molecular complexity index is 836. The summed E-state index contributed by atoms with van der Waals surface area (Å²) in [4.78, 5) is 15.0. The molecule has 1 saturated heterocycles. The third kappa shape index (κ3) is 3.34. The van der Waals surface area contributed by atoms with E-state index in [1.807, 2.05) is 24.3 Å². The highest BCUT2D eigenvalue weighted by atomic mass is 32.2. The fraction of sp³-hybridized carbons (Fsp3) is 0.682. The zero-order valence-corrected chi connectivity index (χ0v) is 17.3. The highest BCUT2D eigenvalue weighted by Gasteiger charge is 2.48. The molecule has 1 unspecified atom stereocenters. The van der Waals surface area contributed by atoms with Crippen LogP contribution in [0.25, 0.3) is 0 Å². The molecule has 5 nitrogen and oxygen atoms in total. The van der Waals surface area contributed by atoms with E-state index < -0.39 is 9.84 Å². The van der Waals surface area contributed by atoms with Gasteiger partial charge in [-0.15, -0.1) is 0 Å². The lowest BCUT2D eigenvalue weighted by molar-refractivity contribution is -0.0119. The van der Waals surface area contributed by atoms with E-state index in [1.165, 1.54) is 38.4 Å². The quantitative estimate of drug-likeness (QED) is 0.841. The molecule has 0 spiro atoms. The molecule has 1 amide bonds. The van der Waals surface area contributed by atoms with Gasteiger partial charge in [-0.2, -0.15) is 0 Å². The number of benzene rings is 1. The van der Waals surface area contributed by atoms with E-state index in [1.54, 1.807) is 0 Å². The minimum Gasteiger partial charge on any atom is -0.370 e. The summed E-state index contributed by atoms with van der Waals surface area (Å²) in [6.45, 7) is 1.29. The first kappa shape index (κ1) is 18.5. The van der Waals surface area contributed by atoms with E-state index in [0.29, 0.717) is 36.4 Å². The summed E-state index contributed by atoms with van der Waals surface area (Å²) in [7, 11) is -3.00. The van der Waals surface area contributed by atoms with Crippen molar-refractivity contribution in [3.63, 3.8) is 0 Å². The number of rotatable bonds is 4. The maximum absolute atomic E-state index is 12.8. The number of nitrogens with one attached hydrogen (secondary N) is 1. The number of hydrogen-bond donors (Lipinski definition) is 1. The first-order chi connectivity index (χ1) is 13.4. The van der Waals surface area contributed by atoms with Crippen molar-refractivity contribution in [2.75, 3.05) is 24.2 Å². The van der Waals surface area contributed by atoms with Crippen molar-refractivity contribution in [1.82, 2.24) is 5.32 Å². The van der Waals surface area contributed by atoms with Gasteiger partial charge in [-0.25, -0.2) is 8.42 Å². The number of carbonyl (C=O) groups excluding carboxylic acids is 1. The maximum Gasteiger partial charge on any atom is 0.251 e. The van der Waals surface area contributed by atoms with Crippen molar-refractivity contribution in [1.29, 1.82) is 0 Å². The molecule has 4 bridgehead atoms. The number of hydrogen-bond acceptors (Lipinski definition) is 4. The predicted octanol–water partition coefficient (Wildman–Crippen LogP) is 2.86. The van der Waals surface area contributed by atoms with E-state index in [-0.39, 0.29) is 11.2 Å². The van der Waals surface area contributed by atoms with E-state index in [4.69, 9.17) is 0 Å². The number of carbonyl (C=O) groups is 1. The Morgan fingerprint density at radius 3 is 2.14 bits per heavy atom. The summed E-state index contributed by atoms with van der Waals surface area (Å²) in [6, 6.07) is 8.03. The van der Waals surface area contributed by atoms with Crippen LogP contribution < -0.4 is 10.2 Å². The van der Waals surface area contributed by atoms with Crippen LogP contribution in [0.4, 0.5) is 5.69 Å². The fourth-order valence-electron chi connectivity index (χ4n) is 6.53. The van der Waals surface area contributed by atoms with Crippen LogP contribution >= 0.6 is 0 Å². The van der Waals surface area contributed by atoms with Crippen LogP contribution in [0.2, 0.25) is 0 Å². The van der Waals surface area contributed by atoms with Crippen LogP contribution in [0.5, 0.6) is 0 Å². The van der Waals surface area contributed by atoms with Gasteiger partial charge in [0.2, 0.25) is 0 Å². The fourth-order valence-corrected chi connectivity index (χ4v) is 7.52. The molecule has 5 aliphatic rings. The second-order valence-corrected chi connectivity index (χ2v) is 12.0. The minimum absolute atomic E-state index is 0.0412. The average molecular weight is 403 g/mol. The lowest BCUT2D eigenvalue weighted by Crippen LogP contribution is -2.55. The monoisotopic (exact) mass is 402 g/mol. The Labute approximate surface area is 167 Å². The molecule has 1 N–H and O–H groups in total. The SMILES string of the molecule is CS(=O)(=O)C1CCN(c2ccc(C(=O)NC3C4CC5CC(C4)CC3C5)cc2)C1. The normalized spacial score (nSPS) is 36.7. The minimum atomic E-state index is -3.00. The molecule has 4 aliphatic carbocycles. The molecule has 4 saturated carbocycles. The lowest BCUT2D eigenvalue weighted by Gasteiger charge is -2.54. The highest BCUT2D eigenvalue weighted by molar-refractivity contribution is 7.91. The summed E-state index contributed by atoms with van der Waals surface area (Å²) in [5, 5.41) is 3.08. The molecular formula is C22H30N2O3S. The summed E-state index contributed by atoms with van der Waals surface area (Å²) >= 11 is 0. The maximum atomic E-state index is 12.8. The summed E-state index contributed by atoms with van der Waals surface area (Å²) in [6.07, 6.45) is 8.61.